The smallest absolute Gasteiger partial charge is 0 e. The minimum Gasteiger partial charge on any atom is 0 e. The first-order chi connectivity index (χ1) is 2.73. The van der Waals surface area contributed by atoms with Gasteiger partial charge >= 0.3 is 48.7 Å². The van der Waals surface area contributed by atoms with Gasteiger partial charge in [-0.1, -0.05) is 0 Å². The molecule has 0 fully saturated rings. The van der Waals surface area contributed by atoms with E-state index in [1.54, 1.807) is 0 Å². The molecular weight excluding hydrogens is 179 g/mol. The molecule has 0 unspecified atom stereocenters. The number of carboxylic acid groups (broad SMARTS) is 2. The summed E-state index contributed by atoms with van der Waals surface area (Å²) in [6.07, 6.45) is -1.83. The summed E-state index contributed by atoms with van der Waals surface area (Å²) in [5, 5.41) is 13.9. The Balaban J connectivity index is -0.0000000183. The van der Waals surface area contributed by atoms with Crippen LogP contribution >= 0.6 is 0 Å². The third-order valence-electron chi connectivity index (χ3n) is 0. The van der Waals surface area contributed by atoms with Crippen LogP contribution in [0.2, 0.25) is 0 Å². The number of rotatable bonds is 0. The molecule has 8 heavy (non-hydrogen) atoms. The van der Waals surface area contributed by atoms with E-state index in [4.69, 9.17) is 18.3 Å². The van der Waals surface area contributed by atoms with Crippen molar-refractivity contribution in [2.75, 3.05) is 0 Å². The Morgan fingerprint density at radius 1 is 1.25 bits per heavy atom. The van der Waals surface area contributed by atoms with Gasteiger partial charge in [-0.2, -0.15) is 0 Å². The second-order valence-corrected chi connectivity index (χ2v) is 0.283. The fourth-order valence-electron chi connectivity index (χ4n) is 0. The van der Waals surface area contributed by atoms with Crippen LogP contribution in [0.15, 0.2) is 0 Å². The molecule has 7 heteroatoms. The third-order valence-corrected chi connectivity index (χ3v) is 0. The molecule has 4 nitrogen and oxygen atoms in total. The van der Waals surface area contributed by atoms with E-state index < -0.39 is 6.16 Å². The Morgan fingerprint density at radius 2 is 1.25 bits per heavy atom. The van der Waals surface area contributed by atoms with Crippen molar-refractivity contribution in [3.05, 3.63) is 0 Å². The van der Waals surface area contributed by atoms with Crippen LogP contribution in [0.3, 0.4) is 0 Å². The Bertz CT molecular complexity index is 45.3. The molecule has 0 radical (unpaired) electrons. The van der Waals surface area contributed by atoms with Crippen LogP contribution in [0, 0.1) is 0 Å². The summed E-state index contributed by atoms with van der Waals surface area (Å²) in [6.45, 7) is 0. The molecule has 0 rings (SSSR count). The molecule has 0 heterocycles. The van der Waals surface area contributed by atoms with Gasteiger partial charge in [-0.25, -0.2) is 4.79 Å². The molecule has 0 bridgehead atoms. The Morgan fingerprint density at radius 3 is 1.25 bits per heavy atom. The van der Waals surface area contributed by atoms with Crippen molar-refractivity contribution in [1.29, 1.82) is 0 Å². The fraction of sp³-hybridized carbons (Fsp3) is 0. The standard InChI is InChI=1S/CH2O3.Li.O.2Ti.H/c2-1(3)4;;;;;/h(H2,2,3,4);;;;;. The van der Waals surface area contributed by atoms with Gasteiger partial charge in [-0.05, 0) is 0 Å². The molecule has 0 saturated heterocycles. The molecule has 0 aromatic heterocycles. The van der Waals surface area contributed by atoms with Crippen molar-refractivity contribution >= 4 is 25.0 Å². The molecule has 0 aromatic carbocycles. The summed E-state index contributed by atoms with van der Waals surface area (Å²) in [5.74, 6) is 0. The predicted octanol–water partition coefficient (Wildman–Crippen LogP) is -0.550. The third kappa shape index (κ3) is 220. The maximum atomic E-state index is 8.56. The van der Waals surface area contributed by atoms with Gasteiger partial charge in [-0.3, -0.25) is 0 Å². The van der Waals surface area contributed by atoms with Gasteiger partial charge < -0.3 is 10.2 Å². The largest absolute Gasteiger partial charge is 0 e. The Hall–Kier alpha value is 1.10. The number of hydrogen-bond donors (Lipinski definition) is 2. The fourth-order valence-corrected chi connectivity index (χ4v) is 0. The van der Waals surface area contributed by atoms with E-state index >= 15 is 0 Å². The van der Waals surface area contributed by atoms with Gasteiger partial charge in [0.05, 0.1) is 0 Å². The van der Waals surface area contributed by atoms with Crippen LogP contribution in [0.25, 0.3) is 0 Å². The average molecular weight is 182 g/mol. The van der Waals surface area contributed by atoms with Crippen LogP contribution in [0.5, 0.6) is 0 Å². The first-order valence-corrected chi connectivity index (χ1v) is 1.49. The van der Waals surface area contributed by atoms with Gasteiger partial charge in [0.1, 0.15) is 0 Å². The van der Waals surface area contributed by atoms with Crippen LogP contribution in [-0.4, -0.2) is 35.2 Å². The molecule has 0 saturated carbocycles. The zero-order chi connectivity index (χ0) is 5.58. The summed E-state index contributed by atoms with van der Waals surface area (Å²) < 4.78 is 8.25. The quantitative estimate of drug-likeness (QED) is 0.492. The van der Waals surface area contributed by atoms with Crippen molar-refractivity contribution < 1.29 is 60.5 Å². The zero-order valence-corrected chi connectivity index (χ0v) is 6.33. The number of hydrogen-bond acceptors (Lipinski definition) is 2. The van der Waals surface area contributed by atoms with Crippen LogP contribution in [-0.2, 0) is 45.4 Å². The molecule has 40 valence electrons. The van der Waals surface area contributed by atoms with E-state index in [1.807, 2.05) is 0 Å². The maximum absolute atomic E-state index is 8.56. The van der Waals surface area contributed by atoms with Crippen molar-refractivity contribution in [2.24, 2.45) is 0 Å². The van der Waals surface area contributed by atoms with Gasteiger partial charge in [0, 0.05) is 21.7 Å². The summed E-state index contributed by atoms with van der Waals surface area (Å²) in [5.41, 5.74) is 0. The second kappa shape index (κ2) is 24.3. The van der Waals surface area contributed by atoms with Crippen molar-refractivity contribution in [1.82, 2.24) is 0 Å². The predicted molar refractivity (Wildman–Crippen MR) is 18.5 cm³/mol. The monoisotopic (exact) mass is 182 g/mol. The Labute approximate surface area is 84.8 Å². The van der Waals surface area contributed by atoms with Gasteiger partial charge in [0.25, 0.3) is 0 Å². The van der Waals surface area contributed by atoms with Crippen LogP contribution < -0.4 is 0 Å². The van der Waals surface area contributed by atoms with E-state index in [0.29, 0.717) is 0 Å². The molecule has 0 spiro atoms. The second-order valence-electron chi connectivity index (χ2n) is 0.283. The van der Waals surface area contributed by atoms with E-state index in [9.17, 15) is 0 Å². The summed E-state index contributed by atoms with van der Waals surface area (Å²) in [7, 11) is 0. The SMILES string of the molecule is O=C(O)O.[LiH].[O]=[Ti].[Ti]. The molecule has 0 amide bonds. The average Bonchev–Trinajstić information content (AvgIpc) is 1.41. The summed E-state index contributed by atoms with van der Waals surface area (Å²) >= 11 is 0.750. The molecule has 0 aromatic rings. The minimum absolute atomic E-state index is 0. The van der Waals surface area contributed by atoms with E-state index in [2.05, 4.69) is 0 Å². The van der Waals surface area contributed by atoms with Gasteiger partial charge in [0.2, 0.25) is 0 Å². The molecule has 0 aliphatic carbocycles. The van der Waals surface area contributed by atoms with Gasteiger partial charge in [-0.15, -0.1) is 0 Å². The first-order valence-electron chi connectivity index (χ1n) is 0.855. The van der Waals surface area contributed by atoms with Gasteiger partial charge in [0.15, 0.2) is 0 Å². The Kier molecular flexibility index (Phi) is 69.7. The van der Waals surface area contributed by atoms with E-state index in [0.717, 1.165) is 20.4 Å². The summed E-state index contributed by atoms with van der Waals surface area (Å²) in [6, 6.07) is 0. The van der Waals surface area contributed by atoms with Crippen LogP contribution in [0.1, 0.15) is 0 Å². The molecule has 2 N–H and O–H groups in total. The van der Waals surface area contributed by atoms with Crippen molar-refractivity contribution in [3.8, 4) is 0 Å². The maximum Gasteiger partial charge on any atom is 0 e. The molecule has 0 aliphatic heterocycles. The van der Waals surface area contributed by atoms with Crippen LogP contribution in [0.4, 0.5) is 4.79 Å². The number of carbonyl (C=O) groups is 1. The minimum atomic E-state index is -1.83. The van der Waals surface area contributed by atoms with E-state index in [-0.39, 0.29) is 40.6 Å². The topological polar surface area (TPSA) is 74.6 Å². The zero-order valence-electron chi connectivity index (χ0n) is 3.21. The molecule has 0 atom stereocenters. The molecule has 0 aliphatic rings. The normalized spacial score (nSPS) is 3.38. The molecular formula is CH3LiO4Ti2. The van der Waals surface area contributed by atoms with E-state index in [1.165, 1.54) is 0 Å². The van der Waals surface area contributed by atoms with Crippen molar-refractivity contribution in [2.45, 2.75) is 0 Å². The first kappa shape index (κ1) is 23.0. The summed E-state index contributed by atoms with van der Waals surface area (Å²) in [4.78, 5) is 8.56. The van der Waals surface area contributed by atoms with Crippen molar-refractivity contribution in [3.63, 3.8) is 0 Å².